The molecule has 2 aromatic rings. The van der Waals surface area contributed by atoms with Gasteiger partial charge in [-0.05, 0) is 42.0 Å². The molecule has 0 bridgehead atoms. The van der Waals surface area contributed by atoms with Crippen molar-refractivity contribution in [1.29, 1.82) is 0 Å². The molecule has 0 unspecified atom stereocenters. The minimum Gasteiger partial charge on any atom is -0.343 e. The van der Waals surface area contributed by atoms with Crippen molar-refractivity contribution in [1.82, 2.24) is 9.62 Å². The van der Waals surface area contributed by atoms with Crippen LogP contribution in [-0.2, 0) is 14.8 Å². The largest absolute Gasteiger partial charge is 0.343 e. The second-order valence-electron chi connectivity index (χ2n) is 6.04. The van der Waals surface area contributed by atoms with E-state index in [4.69, 9.17) is 0 Å². The van der Waals surface area contributed by atoms with Gasteiger partial charge in [0.25, 0.3) is 0 Å². The van der Waals surface area contributed by atoms with Crippen molar-refractivity contribution in [3.05, 3.63) is 58.0 Å². The zero-order chi connectivity index (χ0) is 18.0. The Morgan fingerprint density at radius 2 is 2.04 bits per heavy atom. The number of hydrogen-bond donors (Lipinski definition) is 1. The van der Waals surface area contributed by atoms with Gasteiger partial charge in [0.1, 0.15) is 11.9 Å². The normalized spacial score (nSPS) is 19.7. The van der Waals surface area contributed by atoms with Crippen LogP contribution in [0.25, 0.3) is 0 Å². The van der Waals surface area contributed by atoms with Crippen LogP contribution in [0, 0.1) is 5.82 Å². The molecule has 1 amide bonds. The van der Waals surface area contributed by atoms with Crippen molar-refractivity contribution in [3.63, 3.8) is 0 Å². The Bertz CT molecular complexity index is 835. The maximum absolute atomic E-state index is 13.2. The van der Waals surface area contributed by atoms with Crippen LogP contribution in [0.5, 0.6) is 0 Å². The number of benzene rings is 1. The van der Waals surface area contributed by atoms with Crippen LogP contribution in [-0.4, -0.2) is 37.5 Å². The molecular formula is C17H19FN2O3S2. The highest BCUT2D eigenvalue weighted by molar-refractivity contribution is 7.88. The van der Waals surface area contributed by atoms with Crippen LogP contribution in [0.2, 0.25) is 0 Å². The van der Waals surface area contributed by atoms with Gasteiger partial charge in [-0.2, -0.15) is 4.31 Å². The molecule has 2 atom stereocenters. The number of rotatable bonds is 5. The number of halogens is 1. The Morgan fingerprint density at radius 3 is 2.64 bits per heavy atom. The van der Waals surface area contributed by atoms with E-state index in [1.165, 1.54) is 27.8 Å². The minimum atomic E-state index is -3.43. The lowest BCUT2D eigenvalue weighted by atomic mass is 10.0. The smallest absolute Gasteiger partial charge is 0.239 e. The summed E-state index contributed by atoms with van der Waals surface area (Å²) in [6.07, 6.45) is 2.28. The van der Waals surface area contributed by atoms with Crippen molar-refractivity contribution in [2.24, 2.45) is 0 Å². The van der Waals surface area contributed by atoms with Crippen LogP contribution in [0.15, 0.2) is 41.8 Å². The van der Waals surface area contributed by atoms with Crippen LogP contribution < -0.4 is 5.32 Å². The third kappa shape index (κ3) is 4.08. The molecular weight excluding hydrogens is 363 g/mol. The average Bonchev–Trinajstić information content (AvgIpc) is 3.24. The fraction of sp³-hybridized carbons (Fsp3) is 0.353. The molecule has 1 aliphatic rings. The van der Waals surface area contributed by atoms with Crippen molar-refractivity contribution in [3.8, 4) is 0 Å². The maximum Gasteiger partial charge on any atom is 0.239 e. The first kappa shape index (κ1) is 18.0. The highest BCUT2D eigenvalue weighted by atomic mass is 32.2. The average molecular weight is 382 g/mol. The first-order valence-corrected chi connectivity index (χ1v) is 10.6. The highest BCUT2D eigenvalue weighted by Gasteiger charge is 2.37. The number of thiophene rings is 1. The summed E-state index contributed by atoms with van der Waals surface area (Å²) in [6.45, 7) is 0.358. The van der Waals surface area contributed by atoms with E-state index in [2.05, 4.69) is 5.32 Å². The lowest BCUT2D eigenvalue weighted by Crippen LogP contribution is -2.46. The van der Waals surface area contributed by atoms with Crippen LogP contribution >= 0.6 is 11.3 Å². The Hall–Kier alpha value is -1.77. The zero-order valence-corrected chi connectivity index (χ0v) is 15.3. The Morgan fingerprint density at radius 1 is 1.32 bits per heavy atom. The van der Waals surface area contributed by atoms with Crippen molar-refractivity contribution in [2.75, 3.05) is 12.8 Å². The molecule has 1 aromatic heterocycles. The van der Waals surface area contributed by atoms with Crippen LogP contribution in [0.1, 0.15) is 29.3 Å². The molecule has 5 nitrogen and oxygen atoms in total. The lowest BCUT2D eigenvalue weighted by Gasteiger charge is -2.25. The molecule has 25 heavy (non-hydrogen) atoms. The number of amides is 1. The lowest BCUT2D eigenvalue weighted by molar-refractivity contribution is -0.124. The molecule has 0 radical (unpaired) electrons. The summed E-state index contributed by atoms with van der Waals surface area (Å²) in [7, 11) is -3.43. The maximum atomic E-state index is 13.2. The van der Waals surface area contributed by atoms with Crippen molar-refractivity contribution >= 4 is 27.3 Å². The summed E-state index contributed by atoms with van der Waals surface area (Å²) in [6, 6.07) is 8.59. The second kappa shape index (κ2) is 7.23. The van der Waals surface area contributed by atoms with Crippen LogP contribution in [0.4, 0.5) is 4.39 Å². The number of carbonyl (C=O) groups excluding carboxylic acids is 1. The van der Waals surface area contributed by atoms with Gasteiger partial charge in [0, 0.05) is 11.4 Å². The molecule has 1 fully saturated rings. The number of hydrogen-bond acceptors (Lipinski definition) is 4. The quantitative estimate of drug-likeness (QED) is 0.864. The molecule has 134 valence electrons. The number of nitrogens with zero attached hydrogens (tertiary/aromatic N) is 1. The summed E-state index contributed by atoms with van der Waals surface area (Å²) >= 11 is 1.48. The summed E-state index contributed by atoms with van der Waals surface area (Å²) in [5.74, 6) is -0.676. The van der Waals surface area contributed by atoms with Gasteiger partial charge in [-0.25, -0.2) is 12.8 Å². The van der Waals surface area contributed by atoms with E-state index in [1.807, 2.05) is 17.5 Å². The minimum absolute atomic E-state index is 0.328. The third-order valence-electron chi connectivity index (χ3n) is 4.25. The molecule has 8 heteroatoms. The van der Waals surface area contributed by atoms with Gasteiger partial charge in [-0.1, -0.05) is 18.2 Å². The molecule has 1 N–H and O–H groups in total. The SMILES string of the molecule is CS(=O)(=O)N1CCC[C@@H]1C(=O)N[C@@H](c1ccc(F)cc1)c1cccs1. The van der Waals surface area contributed by atoms with Crippen molar-refractivity contribution in [2.45, 2.75) is 24.9 Å². The fourth-order valence-electron chi connectivity index (χ4n) is 3.07. The summed E-state index contributed by atoms with van der Waals surface area (Å²) in [5, 5.41) is 4.84. The molecule has 1 saturated heterocycles. The summed E-state index contributed by atoms with van der Waals surface area (Å²) in [5.41, 5.74) is 0.751. The molecule has 1 aromatic carbocycles. The predicted octanol–water partition coefficient (Wildman–Crippen LogP) is 2.52. The van der Waals surface area contributed by atoms with Crippen molar-refractivity contribution < 1.29 is 17.6 Å². The summed E-state index contributed by atoms with van der Waals surface area (Å²) < 4.78 is 38.2. The first-order chi connectivity index (χ1) is 11.9. The van der Waals surface area contributed by atoms with Gasteiger partial charge in [-0.15, -0.1) is 11.3 Å². The highest BCUT2D eigenvalue weighted by Crippen LogP contribution is 2.28. The van der Waals surface area contributed by atoms with E-state index in [-0.39, 0.29) is 11.7 Å². The van der Waals surface area contributed by atoms with E-state index >= 15 is 0 Å². The van der Waals surface area contributed by atoms with Crippen LogP contribution in [0.3, 0.4) is 0 Å². The Labute approximate surface area is 150 Å². The van der Waals surface area contributed by atoms with Gasteiger partial charge in [0.15, 0.2) is 0 Å². The standard InChI is InChI=1S/C17H19FN2O3S2/c1-25(22,23)20-10-2-4-14(20)17(21)19-16(15-5-3-11-24-15)12-6-8-13(18)9-7-12/h3,5-9,11,14,16H,2,4,10H2,1H3,(H,19,21)/t14-,16+/m1/s1. The van der Waals surface area contributed by atoms with Gasteiger partial charge < -0.3 is 5.32 Å². The van der Waals surface area contributed by atoms with E-state index in [9.17, 15) is 17.6 Å². The molecule has 3 rings (SSSR count). The molecule has 0 spiro atoms. The monoisotopic (exact) mass is 382 g/mol. The molecule has 1 aliphatic heterocycles. The fourth-order valence-corrected chi connectivity index (χ4v) is 4.99. The Kier molecular flexibility index (Phi) is 5.21. The third-order valence-corrected chi connectivity index (χ3v) is 6.48. The first-order valence-electron chi connectivity index (χ1n) is 7.92. The van der Waals surface area contributed by atoms with E-state index in [1.54, 1.807) is 12.1 Å². The topological polar surface area (TPSA) is 66.5 Å². The number of carbonyl (C=O) groups is 1. The predicted molar refractivity (Wildman–Crippen MR) is 95.3 cm³/mol. The van der Waals surface area contributed by atoms with E-state index in [0.717, 1.165) is 16.7 Å². The van der Waals surface area contributed by atoms with E-state index < -0.39 is 22.1 Å². The summed E-state index contributed by atoms with van der Waals surface area (Å²) in [4.78, 5) is 13.7. The molecule has 0 saturated carbocycles. The Balaban J connectivity index is 1.85. The molecule has 0 aliphatic carbocycles. The molecule has 2 heterocycles. The number of nitrogens with one attached hydrogen (secondary N) is 1. The zero-order valence-electron chi connectivity index (χ0n) is 13.7. The van der Waals surface area contributed by atoms with Gasteiger partial charge >= 0.3 is 0 Å². The number of sulfonamides is 1. The van der Waals surface area contributed by atoms with Gasteiger partial charge in [-0.3, -0.25) is 4.79 Å². The van der Waals surface area contributed by atoms with E-state index in [0.29, 0.717) is 19.4 Å². The van der Waals surface area contributed by atoms with Gasteiger partial charge in [0.2, 0.25) is 15.9 Å². The second-order valence-corrected chi connectivity index (χ2v) is 8.95. The van der Waals surface area contributed by atoms with Gasteiger partial charge in [0.05, 0.1) is 12.3 Å².